The van der Waals surface area contributed by atoms with Crippen LogP contribution in [0.2, 0.25) is 0 Å². The Morgan fingerprint density at radius 1 is 0.913 bits per heavy atom. The third-order valence-electron chi connectivity index (χ3n) is 3.02. The van der Waals surface area contributed by atoms with E-state index in [1.807, 2.05) is 24.3 Å². The monoisotopic (exact) mass is 310 g/mol. The second-order valence-corrected chi connectivity index (χ2v) is 4.85. The molecule has 2 N–H and O–H groups in total. The number of methoxy groups -OCH3 is 1. The Bertz CT molecular complexity index is 704. The number of ether oxygens (including phenoxy) is 1. The summed E-state index contributed by atoms with van der Waals surface area (Å²) in [5, 5.41) is 5.42. The molecule has 0 fully saturated rings. The molecular formula is C18H18N2O3. The summed E-state index contributed by atoms with van der Waals surface area (Å²) >= 11 is 0. The van der Waals surface area contributed by atoms with Gasteiger partial charge in [0, 0.05) is 24.4 Å². The summed E-state index contributed by atoms with van der Waals surface area (Å²) in [5.41, 5.74) is 2.25. The first-order chi connectivity index (χ1) is 11.1. The van der Waals surface area contributed by atoms with Crippen LogP contribution in [0.15, 0.2) is 54.6 Å². The van der Waals surface area contributed by atoms with Crippen LogP contribution in [-0.4, -0.2) is 18.9 Å². The van der Waals surface area contributed by atoms with Crippen LogP contribution in [0.1, 0.15) is 12.5 Å². The molecule has 0 radical (unpaired) electrons. The number of amides is 2. The number of anilines is 2. The van der Waals surface area contributed by atoms with Gasteiger partial charge in [-0.3, -0.25) is 9.59 Å². The largest absolute Gasteiger partial charge is 0.497 e. The molecule has 0 spiro atoms. The van der Waals surface area contributed by atoms with Crippen LogP contribution >= 0.6 is 0 Å². The van der Waals surface area contributed by atoms with Crippen LogP contribution in [0, 0.1) is 0 Å². The Morgan fingerprint density at radius 2 is 1.48 bits per heavy atom. The Hall–Kier alpha value is -3.08. The minimum absolute atomic E-state index is 0.135. The fourth-order valence-electron chi connectivity index (χ4n) is 1.91. The molecule has 0 aromatic heterocycles. The van der Waals surface area contributed by atoms with Gasteiger partial charge in [-0.05, 0) is 48.0 Å². The van der Waals surface area contributed by atoms with Crippen LogP contribution in [-0.2, 0) is 9.59 Å². The highest BCUT2D eigenvalue weighted by Gasteiger charge is 1.99. The third kappa shape index (κ3) is 5.32. The lowest BCUT2D eigenvalue weighted by molar-refractivity contribution is -0.114. The van der Waals surface area contributed by atoms with Gasteiger partial charge in [-0.15, -0.1) is 0 Å². The highest BCUT2D eigenvalue weighted by molar-refractivity contribution is 6.02. The second kappa shape index (κ2) is 7.79. The maximum absolute atomic E-state index is 11.9. The first kappa shape index (κ1) is 16.3. The molecule has 5 nitrogen and oxygen atoms in total. The molecule has 0 aliphatic rings. The van der Waals surface area contributed by atoms with Crippen molar-refractivity contribution >= 4 is 29.3 Å². The standard InChI is InChI=1S/C18H18N2O3/c1-13(21)19-15-6-8-16(9-7-15)20-18(22)12-5-14-3-10-17(23-2)11-4-14/h3-12H,1-2H3,(H,19,21)(H,20,22)/b12-5+. The van der Waals surface area contributed by atoms with Crippen molar-refractivity contribution in [3.63, 3.8) is 0 Å². The maximum Gasteiger partial charge on any atom is 0.248 e. The zero-order chi connectivity index (χ0) is 16.7. The Morgan fingerprint density at radius 3 is 2.00 bits per heavy atom. The quantitative estimate of drug-likeness (QED) is 0.833. The van der Waals surface area contributed by atoms with E-state index in [1.165, 1.54) is 13.0 Å². The molecule has 0 saturated carbocycles. The molecule has 118 valence electrons. The van der Waals surface area contributed by atoms with Crippen LogP contribution < -0.4 is 15.4 Å². The van der Waals surface area contributed by atoms with Crippen molar-refractivity contribution in [3.05, 3.63) is 60.2 Å². The number of hydrogen-bond donors (Lipinski definition) is 2. The highest BCUT2D eigenvalue weighted by atomic mass is 16.5. The van der Waals surface area contributed by atoms with Gasteiger partial charge in [0.25, 0.3) is 0 Å². The van der Waals surface area contributed by atoms with E-state index in [-0.39, 0.29) is 11.8 Å². The Labute approximate surface area is 135 Å². The molecule has 0 atom stereocenters. The maximum atomic E-state index is 11.9. The smallest absolute Gasteiger partial charge is 0.248 e. The van der Waals surface area contributed by atoms with Gasteiger partial charge in [0.2, 0.25) is 11.8 Å². The molecule has 0 aliphatic heterocycles. The summed E-state index contributed by atoms with van der Waals surface area (Å²) in [4.78, 5) is 22.8. The number of carbonyl (C=O) groups excluding carboxylic acids is 2. The van der Waals surface area contributed by atoms with Gasteiger partial charge in [-0.2, -0.15) is 0 Å². The van der Waals surface area contributed by atoms with E-state index in [0.29, 0.717) is 11.4 Å². The van der Waals surface area contributed by atoms with Crippen molar-refractivity contribution in [2.24, 2.45) is 0 Å². The molecule has 0 aliphatic carbocycles. The van der Waals surface area contributed by atoms with E-state index in [9.17, 15) is 9.59 Å². The lowest BCUT2D eigenvalue weighted by Crippen LogP contribution is -2.08. The topological polar surface area (TPSA) is 67.4 Å². The van der Waals surface area contributed by atoms with Crippen LogP contribution in [0.25, 0.3) is 6.08 Å². The number of nitrogens with one attached hydrogen (secondary N) is 2. The van der Waals surface area contributed by atoms with E-state index in [4.69, 9.17) is 4.74 Å². The first-order valence-electron chi connectivity index (χ1n) is 7.07. The number of rotatable bonds is 5. The Kier molecular flexibility index (Phi) is 5.52. The lowest BCUT2D eigenvalue weighted by atomic mass is 10.2. The summed E-state index contributed by atoms with van der Waals surface area (Å²) in [7, 11) is 1.61. The molecule has 0 saturated heterocycles. The second-order valence-electron chi connectivity index (χ2n) is 4.85. The zero-order valence-electron chi connectivity index (χ0n) is 13.0. The number of benzene rings is 2. The summed E-state index contributed by atoms with van der Waals surface area (Å²) in [6, 6.07) is 14.3. The van der Waals surface area contributed by atoms with Crippen LogP contribution in [0.3, 0.4) is 0 Å². The third-order valence-corrected chi connectivity index (χ3v) is 3.02. The molecule has 5 heteroatoms. The van der Waals surface area contributed by atoms with Crippen LogP contribution in [0.5, 0.6) is 5.75 Å². The summed E-state index contributed by atoms with van der Waals surface area (Å²) in [6.45, 7) is 1.44. The normalized spacial score (nSPS) is 10.3. The van der Waals surface area contributed by atoms with Gasteiger partial charge in [-0.25, -0.2) is 0 Å². The van der Waals surface area contributed by atoms with Gasteiger partial charge in [-0.1, -0.05) is 12.1 Å². The summed E-state index contributed by atoms with van der Waals surface area (Å²) in [6.07, 6.45) is 3.18. The number of carbonyl (C=O) groups is 2. The fourth-order valence-corrected chi connectivity index (χ4v) is 1.91. The van der Waals surface area contributed by atoms with Crippen molar-refractivity contribution < 1.29 is 14.3 Å². The first-order valence-corrected chi connectivity index (χ1v) is 7.07. The minimum Gasteiger partial charge on any atom is -0.497 e. The minimum atomic E-state index is -0.229. The molecule has 2 amide bonds. The SMILES string of the molecule is COc1ccc(/C=C/C(=O)Nc2ccc(NC(C)=O)cc2)cc1. The summed E-state index contributed by atoms with van der Waals surface area (Å²) < 4.78 is 5.08. The van der Waals surface area contributed by atoms with Crippen molar-refractivity contribution in [2.45, 2.75) is 6.92 Å². The van der Waals surface area contributed by atoms with Gasteiger partial charge < -0.3 is 15.4 Å². The van der Waals surface area contributed by atoms with E-state index in [0.717, 1.165) is 11.3 Å². The van der Waals surface area contributed by atoms with E-state index in [2.05, 4.69) is 10.6 Å². The van der Waals surface area contributed by atoms with Crippen LogP contribution in [0.4, 0.5) is 11.4 Å². The fraction of sp³-hybridized carbons (Fsp3) is 0.111. The molecule has 2 aromatic carbocycles. The van der Waals surface area contributed by atoms with Gasteiger partial charge in [0.05, 0.1) is 7.11 Å². The molecule has 23 heavy (non-hydrogen) atoms. The van der Waals surface area contributed by atoms with Gasteiger partial charge >= 0.3 is 0 Å². The van der Waals surface area contributed by atoms with Gasteiger partial charge in [0.15, 0.2) is 0 Å². The number of hydrogen-bond acceptors (Lipinski definition) is 3. The van der Waals surface area contributed by atoms with E-state index < -0.39 is 0 Å². The van der Waals surface area contributed by atoms with Crippen molar-refractivity contribution in [3.8, 4) is 5.75 Å². The average molecular weight is 310 g/mol. The highest BCUT2D eigenvalue weighted by Crippen LogP contribution is 2.14. The molecule has 0 unspecified atom stereocenters. The van der Waals surface area contributed by atoms with Gasteiger partial charge in [0.1, 0.15) is 5.75 Å². The predicted molar refractivity (Wildman–Crippen MR) is 91.4 cm³/mol. The molecule has 2 rings (SSSR count). The average Bonchev–Trinajstić information content (AvgIpc) is 2.55. The molecule has 2 aromatic rings. The summed E-state index contributed by atoms with van der Waals surface area (Å²) in [5.74, 6) is 0.406. The predicted octanol–water partition coefficient (Wildman–Crippen LogP) is 3.31. The molecule has 0 heterocycles. The van der Waals surface area contributed by atoms with Crippen molar-refractivity contribution in [1.82, 2.24) is 0 Å². The van der Waals surface area contributed by atoms with E-state index >= 15 is 0 Å². The lowest BCUT2D eigenvalue weighted by Gasteiger charge is -2.05. The van der Waals surface area contributed by atoms with Crippen molar-refractivity contribution in [2.75, 3.05) is 17.7 Å². The Balaban J connectivity index is 1.93. The van der Waals surface area contributed by atoms with Crippen molar-refractivity contribution in [1.29, 1.82) is 0 Å². The molecule has 0 bridgehead atoms. The zero-order valence-corrected chi connectivity index (χ0v) is 13.0. The van der Waals surface area contributed by atoms with E-state index in [1.54, 1.807) is 37.5 Å². The molecular weight excluding hydrogens is 292 g/mol.